The molecule has 1 amide bonds. The fraction of sp³-hybridized carbons (Fsp3) is 0.385. The molecule has 0 fully saturated rings. The SMILES string of the molecule is COc1ccc(OCC(=O)NC(C)C)c(C(=O)O)c1. The zero-order chi connectivity index (χ0) is 14.4. The Bertz CT molecular complexity index is 470. The van der Waals surface area contributed by atoms with Crippen LogP contribution in [0.3, 0.4) is 0 Å². The number of nitrogens with one attached hydrogen (secondary N) is 1. The Morgan fingerprint density at radius 2 is 2.05 bits per heavy atom. The molecule has 0 aliphatic heterocycles. The Balaban J connectivity index is 2.77. The van der Waals surface area contributed by atoms with Gasteiger partial charge >= 0.3 is 5.97 Å². The summed E-state index contributed by atoms with van der Waals surface area (Å²) in [6.45, 7) is 3.42. The number of rotatable bonds is 6. The quantitative estimate of drug-likeness (QED) is 0.811. The number of carbonyl (C=O) groups excluding carboxylic acids is 1. The van der Waals surface area contributed by atoms with Crippen LogP contribution in [0.4, 0.5) is 0 Å². The Morgan fingerprint density at radius 3 is 2.58 bits per heavy atom. The van der Waals surface area contributed by atoms with Crippen LogP contribution in [0, 0.1) is 0 Å². The van der Waals surface area contributed by atoms with E-state index in [1.807, 2.05) is 13.8 Å². The standard InChI is InChI=1S/C13H17NO5/c1-8(2)14-12(15)7-19-11-5-4-9(18-3)6-10(11)13(16)17/h4-6,8H,7H2,1-3H3,(H,14,15)(H,16,17). The molecule has 104 valence electrons. The fourth-order valence-electron chi connectivity index (χ4n) is 1.44. The van der Waals surface area contributed by atoms with E-state index in [4.69, 9.17) is 14.6 Å². The second-order valence-corrected chi connectivity index (χ2v) is 4.18. The summed E-state index contributed by atoms with van der Waals surface area (Å²) in [7, 11) is 1.44. The maximum atomic E-state index is 11.4. The summed E-state index contributed by atoms with van der Waals surface area (Å²) < 4.78 is 10.2. The van der Waals surface area contributed by atoms with Gasteiger partial charge in [0.15, 0.2) is 6.61 Å². The van der Waals surface area contributed by atoms with Crippen LogP contribution in [0.1, 0.15) is 24.2 Å². The molecule has 6 heteroatoms. The van der Waals surface area contributed by atoms with E-state index in [0.717, 1.165) is 0 Å². The molecule has 1 aromatic rings. The largest absolute Gasteiger partial charge is 0.497 e. The molecule has 0 aliphatic carbocycles. The van der Waals surface area contributed by atoms with Gasteiger partial charge in [0.2, 0.25) is 0 Å². The number of aromatic carboxylic acids is 1. The second kappa shape index (κ2) is 6.63. The summed E-state index contributed by atoms with van der Waals surface area (Å²) in [6, 6.07) is 4.39. The molecule has 0 radical (unpaired) electrons. The lowest BCUT2D eigenvalue weighted by molar-refractivity contribution is -0.123. The van der Waals surface area contributed by atoms with Gasteiger partial charge in [-0.15, -0.1) is 0 Å². The van der Waals surface area contributed by atoms with Crippen molar-refractivity contribution in [1.29, 1.82) is 0 Å². The van der Waals surface area contributed by atoms with Crippen LogP contribution < -0.4 is 14.8 Å². The van der Waals surface area contributed by atoms with E-state index in [0.29, 0.717) is 5.75 Å². The summed E-state index contributed by atoms with van der Waals surface area (Å²) in [5.74, 6) is -0.899. The number of hydrogen-bond acceptors (Lipinski definition) is 4. The van der Waals surface area contributed by atoms with Crippen LogP contribution in [0.25, 0.3) is 0 Å². The predicted octanol–water partition coefficient (Wildman–Crippen LogP) is 1.30. The Labute approximate surface area is 111 Å². The molecule has 0 aliphatic rings. The summed E-state index contributed by atoms with van der Waals surface area (Å²) in [4.78, 5) is 22.5. The molecule has 1 aromatic carbocycles. The van der Waals surface area contributed by atoms with Crippen LogP contribution in [-0.2, 0) is 4.79 Å². The van der Waals surface area contributed by atoms with Gasteiger partial charge in [-0.2, -0.15) is 0 Å². The van der Waals surface area contributed by atoms with Gasteiger partial charge < -0.3 is 19.9 Å². The van der Waals surface area contributed by atoms with Crippen molar-refractivity contribution in [2.24, 2.45) is 0 Å². The van der Waals surface area contributed by atoms with Crippen molar-refractivity contribution < 1.29 is 24.2 Å². The first-order chi connectivity index (χ1) is 8.93. The summed E-state index contributed by atoms with van der Waals surface area (Å²) in [6.07, 6.45) is 0. The highest BCUT2D eigenvalue weighted by Gasteiger charge is 2.14. The lowest BCUT2D eigenvalue weighted by Crippen LogP contribution is -2.34. The van der Waals surface area contributed by atoms with Crippen LogP contribution in [-0.4, -0.2) is 36.7 Å². The van der Waals surface area contributed by atoms with Gasteiger partial charge in [-0.1, -0.05) is 0 Å². The van der Waals surface area contributed by atoms with Crippen LogP contribution in [0.2, 0.25) is 0 Å². The maximum absolute atomic E-state index is 11.4. The molecule has 0 heterocycles. The zero-order valence-corrected chi connectivity index (χ0v) is 11.1. The van der Waals surface area contributed by atoms with E-state index in [9.17, 15) is 9.59 Å². The molecular weight excluding hydrogens is 250 g/mol. The van der Waals surface area contributed by atoms with Crippen molar-refractivity contribution in [2.45, 2.75) is 19.9 Å². The van der Waals surface area contributed by atoms with Gasteiger partial charge in [-0.3, -0.25) is 4.79 Å². The van der Waals surface area contributed by atoms with Gasteiger partial charge in [0.25, 0.3) is 5.91 Å². The first-order valence-electron chi connectivity index (χ1n) is 5.77. The normalized spacial score (nSPS) is 10.1. The van der Waals surface area contributed by atoms with E-state index in [2.05, 4.69) is 5.32 Å². The fourth-order valence-corrected chi connectivity index (χ4v) is 1.44. The molecule has 6 nitrogen and oxygen atoms in total. The Morgan fingerprint density at radius 1 is 1.37 bits per heavy atom. The lowest BCUT2D eigenvalue weighted by Gasteiger charge is -2.12. The number of benzene rings is 1. The van der Waals surface area contributed by atoms with E-state index in [-0.39, 0.29) is 29.9 Å². The van der Waals surface area contributed by atoms with Crippen molar-refractivity contribution in [3.8, 4) is 11.5 Å². The summed E-state index contributed by atoms with van der Waals surface area (Å²) >= 11 is 0. The third-order valence-corrected chi connectivity index (χ3v) is 2.23. The molecular formula is C13H17NO5. The van der Waals surface area contributed by atoms with Gasteiger partial charge in [0.05, 0.1) is 7.11 Å². The summed E-state index contributed by atoms with van der Waals surface area (Å²) in [5.41, 5.74) is -0.0447. The molecule has 0 spiro atoms. The average Bonchev–Trinajstić information content (AvgIpc) is 2.35. The molecule has 0 aromatic heterocycles. The lowest BCUT2D eigenvalue weighted by atomic mass is 10.2. The monoisotopic (exact) mass is 267 g/mol. The Kier molecular flexibility index (Phi) is 5.17. The minimum atomic E-state index is -1.14. The zero-order valence-electron chi connectivity index (χ0n) is 11.1. The molecule has 2 N–H and O–H groups in total. The minimum Gasteiger partial charge on any atom is -0.497 e. The van der Waals surface area contributed by atoms with Crippen molar-refractivity contribution in [3.05, 3.63) is 23.8 Å². The predicted molar refractivity (Wildman–Crippen MR) is 68.7 cm³/mol. The molecule has 0 unspecified atom stereocenters. The van der Waals surface area contributed by atoms with E-state index in [1.165, 1.54) is 19.2 Å². The Hall–Kier alpha value is -2.24. The van der Waals surface area contributed by atoms with Crippen molar-refractivity contribution in [1.82, 2.24) is 5.32 Å². The average molecular weight is 267 g/mol. The van der Waals surface area contributed by atoms with Crippen molar-refractivity contribution in [3.63, 3.8) is 0 Å². The maximum Gasteiger partial charge on any atom is 0.339 e. The minimum absolute atomic E-state index is 0.00547. The third-order valence-electron chi connectivity index (χ3n) is 2.23. The molecule has 0 bridgehead atoms. The number of hydrogen-bond donors (Lipinski definition) is 2. The van der Waals surface area contributed by atoms with Crippen LogP contribution in [0.5, 0.6) is 11.5 Å². The number of carboxylic acids is 1. The molecule has 0 atom stereocenters. The smallest absolute Gasteiger partial charge is 0.339 e. The van der Waals surface area contributed by atoms with E-state index in [1.54, 1.807) is 6.07 Å². The number of ether oxygens (including phenoxy) is 2. The van der Waals surface area contributed by atoms with Gasteiger partial charge in [-0.25, -0.2) is 4.79 Å². The van der Waals surface area contributed by atoms with Crippen LogP contribution in [0.15, 0.2) is 18.2 Å². The molecule has 0 saturated carbocycles. The number of carbonyl (C=O) groups is 2. The molecule has 19 heavy (non-hydrogen) atoms. The number of methoxy groups -OCH3 is 1. The topological polar surface area (TPSA) is 84.9 Å². The summed E-state index contributed by atoms with van der Waals surface area (Å²) in [5, 5.41) is 11.7. The third kappa shape index (κ3) is 4.50. The second-order valence-electron chi connectivity index (χ2n) is 4.18. The van der Waals surface area contributed by atoms with Gasteiger partial charge in [0, 0.05) is 6.04 Å². The first kappa shape index (κ1) is 14.8. The molecule has 0 saturated heterocycles. The van der Waals surface area contributed by atoms with Gasteiger partial charge in [0.1, 0.15) is 17.1 Å². The number of carboxylic acid groups (broad SMARTS) is 1. The highest BCUT2D eigenvalue weighted by molar-refractivity contribution is 5.91. The van der Waals surface area contributed by atoms with Crippen molar-refractivity contribution in [2.75, 3.05) is 13.7 Å². The van der Waals surface area contributed by atoms with Gasteiger partial charge in [-0.05, 0) is 32.0 Å². The first-order valence-corrected chi connectivity index (χ1v) is 5.77. The van der Waals surface area contributed by atoms with E-state index < -0.39 is 5.97 Å². The van der Waals surface area contributed by atoms with E-state index >= 15 is 0 Å². The molecule has 1 rings (SSSR count). The van der Waals surface area contributed by atoms with Crippen LogP contribution >= 0.6 is 0 Å². The number of amides is 1. The van der Waals surface area contributed by atoms with Crippen molar-refractivity contribution >= 4 is 11.9 Å². The highest BCUT2D eigenvalue weighted by Crippen LogP contribution is 2.24. The highest BCUT2D eigenvalue weighted by atomic mass is 16.5.